The minimum atomic E-state index is -0.323. The Balaban J connectivity index is 1.55. The molecule has 0 saturated heterocycles. The van der Waals surface area contributed by atoms with Gasteiger partial charge >= 0.3 is 0 Å². The van der Waals surface area contributed by atoms with Crippen molar-refractivity contribution in [2.45, 2.75) is 12.5 Å². The third-order valence-electron chi connectivity index (χ3n) is 4.37. The van der Waals surface area contributed by atoms with Crippen molar-refractivity contribution in [1.82, 2.24) is 5.01 Å². The van der Waals surface area contributed by atoms with Crippen LogP contribution in [-0.2, 0) is 4.79 Å². The van der Waals surface area contributed by atoms with E-state index in [9.17, 15) is 4.79 Å². The molecule has 1 amide bonds. The summed E-state index contributed by atoms with van der Waals surface area (Å²) in [5, 5.41) is 7.16. The Bertz CT molecular complexity index is 1000. The van der Waals surface area contributed by atoms with Gasteiger partial charge in [0.15, 0.2) is 6.61 Å². The zero-order valence-corrected chi connectivity index (χ0v) is 16.2. The molecule has 4 rings (SSSR count). The Morgan fingerprint density at radius 2 is 1.93 bits per heavy atom. The van der Waals surface area contributed by atoms with Crippen LogP contribution in [0, 0.1) is 0 Å². The fourth-order valence-electron chi connectivity index (χ4n) is 3.03. The molecule has 1 unspecified atom stereocenters. The molecule has 2 aromatic carbocycles. The van der Waals surface area contributed by atoms with E-state index in [1.165, 1.54) is 5.01 Å². The molecule has 0 bridgehead atoms. The average Bonchev–Trinajstić information content (AvgIpc) is 3.36. The van der Waals surface area contributed by atoms with E-state index in [0.717, 1.165) is 11.3 Å². The molecule has 3 aromatic rings. The van der Waals surface area contributed by atoms with Crippen molar-refractivity contribution in [2.24, 2.45) is 5.10 Å². The molecule has 0 aliphatic carbocycles. The first-order valence-corrected chi connectivity index (χ1v) is 9.43. The second kappa shape index (κ2) is 8.09. The second-order valence-electron chi connectivity index (χ2n) is 6.27. The minimum absolute atomic E-state index is 0.158. The summed E-state index contributed by atoms with van der Waals surface area (Å²) in [4.78, 5) is 12.8. The fraction of sp³-hybridized carbons (Fsp3) is 0.143. The van der Waals surface area contributed by atoms with Crippen LogP contribution in [0.2, 0.25) is 10.0 Å². The molecule has 0 saturated carbocycles. The number of ether oxygens (including phenoxy) is 1. The Morgan fingerprint density at radius 3 is 2.64 bits per heavy atom. The number of hydrogen-bond acceptors (Lipinski definition) is 4. The quantitative estimate of drug-likeness (QED) is 0.565. The molecule has 7 heteroatoms. The molecular weight excluding hydrogens is 399 g/mol. The highest BCUT2D eigenvalue weighted by atomic mass is 35.5. The van der Waals surface area contributed by atoms with Gasteiger partial charge in [-0.05, 0) is 48.0 Å². The van der Waals surface area contributed by atoms with Crippen LogP contribution >= 0.6 is 23.2 Å². The lowest BCUT2D eigenvalue weighted by Gasteiger charge is -2.20. The van der Waals surface area contributed by atoms with Crippen molar-refractivity contribution in [1.29, 1.82) is 0 Å². The van der Waals surface area contributed by atoms with E-state index in [4.69, 9.17) is 32.4 Å². The molecule has 0 radical (unpaired) electrons. The summed E-state index contributed by atoms with van der Waals surface area (Å²) < 4.78 is 11.1. The SMILES string of the molecule is O=C(COc1cccc(Cl)c1)N1N=C(c2ccc(Cl)cc2)CC1c1ccco1. The van der Waals surface area contributed by atoms with Gasteiger partial charge in [-0.15, -0.1) is 0 Å². The summed E-state index contributed by atoms with van der Waals surface area (Å²) in [6.07, 6.45) is 2.12. The van der Waals surface area contributed by atoms with Crippen molar-refractivity contribution in [3.05, 3.63) is 88.3 Å². The van der Waals surface area contributed by atoms with Gasteiger partial charge in [-0.1, -0.05) is 41.4 Å². The standard InChI is InChI=1S/C21H16Cl2N2O3/c22-15-8-6-14(7-9-15)18-12-19(20-5-2-10-27-20)25(24-18)21(26)13-28-17-4-1-3-16(23)11-17/h1-11,19H,12-13H2. The number of furan rings is 1. The van der Waals surface area contributed by atoms with Crippen LogP contribution in [0.25, 0.3) is 0 Å². The maximum Gasteiger partial charge on any atom is 0.281 e. The molecule has 0 N–H and O–H groups in total. The first-order chi connectivity index (χ1) is 13.6. The number of nitrogens with zero attached hydrogens (tertiary/aromatic N) is 2. The second-order valence-corrected chi connectivity index (χ2v) is 7.15. The predicted octanol–water partition coefficient (Wildman–Crippen LogP) is 5.34. The third kappa shape index (κ3) is 4.06. The van der Waals surface area contributed by atoms with E-state index in [0.29, 0.717) is 28.0 Å². The molecule has 1 aliphatic rings. The first kappa shape index (κ1) is 18.6. The van der Waals surface area contributed by atoms with E-state index in [1.54, 1.807) is 48.7 Å². The highest BCUT2D eigenvalue weighted by molar-refractivity contribution is 6.31. The van der Waals surface area contributed by atoms with Crippen LogP contribution < -0.4 is 4.74 Å². The minimum Gasteiger partial charge on any atom is -0.484 e. The lowest BCUT2D eigenvalue weighted by atomic mass is 10.0. The van der Waals surface area contributed by atoms with Gasteiger partial charge in [-0.3, -0.25) is 4.79 Å². The van der Waals surface area contributed by atoms with Gasteiger partial charge in [0.1, 0.15) is 17.6 Å². The van der Waals surface area contributed by atoms with Crippen molar-refractivity contribution in [2.75, 3.05) is 6.61 Å². The molecular formula is C21H16Cl2N2O3. The third-order valence-corrected chi connectivity index (χ3v) is 4.86. The number of benzene rings is 2. The van der Waals surface area contributed by atoms with E-state index < -0.39 is 0 Å². The lowest BCUT2D eigenvalue weighted by molar-refractivity contribution is -0.135. The van der Waals surface area contributed by atoms with Crippen LogP contribution in [0.4, 0.5) is 0 Å². The fourth-order valence-corrected chi connectivity index (χ4v) is 3.33. The molecule has 142 valence electrons. The Kier molecular flexibility index (Phi) is 5.37. The number of halogens is 2. The monoisotopic (exact) mass is 414 g/mol. The van der Waals surface area contributed by atoms with Gasteiger partial charge in [-0.25, -0.2) is 5.01 Å². The zero-order chi connectivity index (χ0) is 19.5. The van der Waals surface area contributed by atoms with Gasteiger partial charge < -0.3 is 9.15 Å². The summed E-state index contributed by atoms with van der Waals surface area (Å²) in [5.41, 5.74) is 1.70. The summed E-state index contributed by atoms with van der Waals surface area (Å²) in [6, 6.07) is 17.6. The Labute approximate surface area is 172 Å². The molecule has 0 fully saturated rings. The van der Waals surface area contributed by atoms with Gasteiger partial charge in [0, 0.05) is 16.5 Å². The van der Waals surface area contributed by atoms with Crippen LogP contribution in [0.5, 0.6) is 5.75 Å². The summed E-state index contributed by atoms with van der Waals surface area (Å²) in [7, 11) is 0. The number of carbonyl (C=O) groups excluding carboxylic acids is 1. The van der Waals surface area contributed by atoms with Crippen LogP contribution in [0.3, 0.4) is 0 Å². The summed E-state index contributed by atoms with van der Waals surface area (Å²) in [6.45, 7) is -0.158. The van der Waals surface area contributed by atoms with Crippen molar-refractivity contribution in [3.8, 4) is 5.75 Å². The van der Waals surface area contributed by atoms with Gasteiger partial charge in [0.2, 0.25) is 0 Å². The van der Waals surface area contributed by atoms with Crippen LogP contribution in [-0.4, -0.2) is 23.2 Å². The highest BCUT2D eigenvalue weighted by Crippen LogP contribution is 2.33. The molecule has 1 aromatic heterocycles. The Morgan fingerprint density at radius 1 is 1.11 bits per heavy atom. The summed E-state index contributed by atoms with van der Waals surface area (Å²) in [5.74, 6) is 0.922. The normalized spacial score (nSPS) is 16.1. The molecule has 5 nitrogen and oxygen atoms in total. The van der Waals surface area contributed by atoms with Gasteiger partial charge in [0.05, 0.1) is 12.0 Å². The first-order valence-electron chi connectivity index (χ1n) is 8.67. The lowest BCUT2D eigenvalue weighted by Crippen LogP contribution is -2.31. The van der Waals surface area contributed by atoms with E-state index in [-0.39, 0.29) is 18.6 Å². The van der Waals surface area contributed by atoms with Crippen molar-refractivity contribution < 1.29 is 13.9 Å². The molecule has 1 atom stereocenters. The number of carbonyl (C=O) groups is 1. The Hall–Kier alpha value is -2.76. The smallest absolute Gasteiger partial charge is 0.281 e. The van der Waals surface area contributed by atoms with Crippen LogP contribution in [0.15, 0.2) is 76.4 Å². The molecule has 1 aliphatic heterocycles. The number of hydrazone groups is 1. The topological polar surface area (TPSA) is 55.0 Å². The number of hydrogen-bond donors (Lipinski definition) is 0. The van der Waals surface area contributed by atoms with Gasteiger partial charge in [-0.2, -0.15) is 5.10 Å². The van der Waals surface area contributed by atoms with Gasteiger partial charge in [0.25, 0.3) is 5.91 Å². The maximum atomic E-state index is 12.8. The molecule has 28 heavy (non-hydrogen) atoms. The van der Waals surface area contributed by atoms with Crippen molar-refractivity contribution in [3.63, 3.8) is 0 Å². The van der Waals surface area contributed by atoms with E-state index in [2.05, 4.69) is 5.10 Å². The predicted molar refractivity (Wildman–Crippen MR) is 108 cm³/mol. The van der Waals surface area contributed by atoms with E-state index >= 15 is 0 Å². The average molecular weight is 415 g/mol. The number of amides is 1. The largest absolute Gasteiger partial charge is 0.484 e. The summed E-state index contributed by atoms with van der Waals surface area (Å²) >= 11 is 11.9. The van der Waals surface area contributed by atoms with Crippen LogP contribution in [0.1, 0.15) is 23.8 Å². The zero-order valence-electron chi connectivity index (χ0n) is 14.7. The number of rotatable bonds is 5. The van der Waals surface area contributed by atoms with E-state index in [1.807, 2.05) is 18.2 Å². The van der Waals surface area contributed by atoms with Crippen molar-refractivity contribution >= 4 is 34.8 Å². The molecule has 2 heterocycles. The molecule has 0 spiro atoms. The maximum absolute atomic E-state index is 12.8. The highest BCUT2D eigenvalue weighted by Gasteiger charge is 2.35.